The van der Waals surface area contributed by atoms with Crippen molar-refractivity contribution in [3.05, 3.63) is 23.2 Å². The number of carbonyl (C=O) groups excluding carboxylic acids is 1. The van der Waals surface area contributed by atoms with E-state index in [9.17, 15) is 4.79 Å². The fraction of sp³-hybridized carbons (Fsp3) is 0.722. The first-order chi connectivity index (χ1) is 11.7. The molecule has 2 saturated heterocycles. The van der Waals surface area contributed by atoms with Crippen LogP contribution in [0.1, 0.15) is 34.7 Å². The van der Waals surface area contributed by atoms with E-state index < -0.39 is 0 Å². The van der Waals surface area contributed by atoms with Crippen LogP contribution in [-0.2, 0) is 16.0 Å². The normalized spacial score (nSPS) is 21.1. The zero-order chi connectivity index (χ0) is 16.9. The Kier molecular flexibility index (Phi) is 5.92. The van der Waals surface area contributed by atoms with Crippen molar-refractivity contribution < 1.29 is 18.7 Å². The minimum Gasteiger partial charge on any atom is -0.465 e. The molecule has 0 unspecified atom stereocenters. The van der Waals surface area contributed by atoms with Crippen LogP contribution in [0.15, 0.2) is 10.5 Å². The molecule has 134 valence electrons. The Balaban J connectivity index is 1.46. The van der Waals surface area contributed by atoms with Crippen LogP contribution in [-0.4, -0.2) is 68.8 Å². The highest BCUT2D eigenvalue weighted by atomic mass is 16.5. The van der Waals surface area contributed by atoms with Crippen molar-refractivity contribution in [1.29, 1.82) is 0 Å². The number of ether oxygens (including phenoxy) is 2. The standard InChI is InChI=1S/C18H28N2O4/c1-14-17(18(21)22-2)11-16(24-14)13-19-5-3-15(4-6-19)12-20-7-9-23-10-8-20/h11,15H,3-10,12-13H2,1-2H3. The number of furan rings is 1. The molecule has 0 atom stereocenters. The average molecular weight is 336 g/mol. The predicted octanol–water partition coefficient (Wildman–Crippen LogP) is 1.92. The highest BCUT2D eigenvalue weighted by molar-refractivity contribution is 5.90. The van der Waals surface area contributed by atoms with Crippen LogP contribution in [0.3, 0.4) is 0 Å². The van der Waals surface area contributed by atoms with Crippen molar-refractivity contribution in [2.45, 2.75) is 26.3 Å². The molecule has 24 heavy (non-hydrogen) atoms. The largest absolute Gasteiger partial charge is 0.465 e. The van der Waals surface area contributed by atoms with Gasteiger partial charge in [-0.3, -0.25) is 9.80 Å². The lowest BCUT2D eigenvalue weighted by molar-refractivity contribution is 0.0239. The van der Waals surface area contributed by atoms with Gasteiger partial charge in [0.1, 0.15) is 17.1 Å². The number of nitrogens with zero attached hydrogens (tertiary/aromatic N) is 2. The molecular weight excluding hydrogens is 308 g/mol. The van der Waals surface area contributed by atoms with E-state index in [1.54, 1.807) is 0 Å². The number of rotatable bonds is 5. The summed E-state index contributed by atoms with van der Waals surface area (Å²) in [6.45, 7) is 9.84. The van der Waals surface area contributed by atoms with E-state index in [0.717, 1.165) is 57.6 Å². The molecule has 6 nitrogen and oxygen atoms in total. The van der Waals surface area contributed by atoms with E-state index in [0.29, 0.717) is 11.3 Å². The number of esters is 1. The summed E-state index contributed by atoms with van der Waals surface area (Å²) in [6, 6.07) is 1.82. The molecule has 6 heteroatoms. The highest BCUT2D eigenvalue weighted by Gasteiger charge is 2.24. The van der Waals surface area contributed by atoms with Crippen LogP contribution < -0.4 is 0 Å². The maximum atomic E-state index is 11.7. The molecule has 1 aromatic heterocycles. The summed E-state index contributed by atoms with van der Waals surface area (Å²) in [5.74, 6) is 1.94. The molecule has 2 aliphatic heterocycles. The third-order valence-electron chi connectivity index (χ3n) is 5.08. The first-order valence-corrected chi connectivity index (χ1v) is 8.86. The molecule has 0 aliphatic carbocycles. The Morgan fingerprint density at radius 2 is 1.92 bits per heavy atom. The number of aryl methyl sites for hydroxylation is 1. The van der Waals surface area contributed by atoms with Gasteiger partial charge in [-0.05, 0) is 44.8 Å². The molecule has 0 spiro atoms. The van der Waals surface area contributed by atoms with Crippen LogP contribution in [0.5, 0.6) is 0 Å². The van der Waals surface area contributed by atoms with Gasteiger partial charge in [-0.1, -0.05) is 0 Å². The Hall–Kier alpha value is -1.37. The van der Waals surface area contributed by atoms with Gasteiger partial charge in [0, 0.05) is 19.6 Å². The average Bonchev–Trinajstić information content (AvgIpc) is 2.97. The second-order valence-electron chi connectivity index (χ2n) is 6.81. The molecule has 2 aliphatic rings. The summed E-state index contributed by atoms with van der Waals surface area (Å²) >= 11 is 0. The van der Waals surface area contributed by atoms with Crippen molar-refractivity contribution in [3.8, 4) is 0 Å². The lowest BCUT2D eigenvalue weighted by Gasteiger charge is -2.35. The molecule has 3 heterocycles. The maximum Gasteiger partial charge on any atom is 0.341 e. The molecule has 3 rings (SSSR count). The molecule has 2 fully saturated rings. The lowest BCUT2D eigenvalue weighted by Crippen LogP contribution is -2.42. The highest BCUT2D eigenvalue weighted by Crippen LogP contribution is 2.22. The van der Waals surface area contributed by atoms with Crippen LogP contribution in [0, 0.1) is 12.8 Å². The van der Waals surface area contributed by atoms with E-state index in [4.69, 9.17) is 13.9 Å². The summed E-state index contributed by atoms with van der Waals surface area (Å²) in [4.78, 5) is 16.6. The van der Waals surface area contributed by atoms with E-state index in [-0.39, 0.29) is 5.97 Å². The second-order valence-corrected chi connectivity index (χ2v) is 6.81. The van der Waals surface area contributed by atoms with Crippen LogP contribution in [0.25, 0.3) is 0 Å². The summed E-state index contributed by atoms with van der Waals surface area (Å²) in [5.41, 5.74) is 0.537. The minimum atomic E-state index is -0.327. The second kappa shape index (κ2) is 8.14. The number of piperidine rings is 1. The fourth-order valence-electron chi connectivity index (χ4n) is 3.63. The van der Waals surface area contributed by atoms with Gasteiger partial charge in [-0.15, -0.1) is 0 Å². The van der Waals surface area contributed by atoms with Crippen LogP contribution >= 0.6 is 0 Å². The van der Waals surface area contributed by atoms with Gasteiger partial charge in [0.05, 0.1) is 26.9 Å². The Bertz CT molecular complexity index is 543. The lowest BCUT2D eigenvalue weighted by atomic mass is 9.96. The van der Waals surface area contributed by atoms with Crippen molar-refractivity contribution in [2.24, 2.45) is 5.92 Å². The third kappa shape index (κ3) is 4.37. The van der Waals surface area contributed by atoms with Gasteiger partial charge >= 0.3 is 5.97 Å². The Labute approximate surface area is 143 Å². The van der Waals surface area contributed by atoms with Gasteiger partial charge < -0.3 is 13.9 Å². The quantitative estimate of drug-likeness (QED) is 0.766. The molecule has 0 N–H and O–H groups in total. The number of hydrogen-bond donors (Lipinski definition) is 0. The van der Waals surface area contributed by atoms with Crippen molar-refractivity contribution in [3.63, 3.8) is 0 Å². The van der Waals surface area contributed by atoms with E-state index in [1.165, 1.54) is 26.5 Å². The zero-order valence-corrected chi connectivity index (χ0v) is 14.8. The number of hydrogen-bond acceptors (Lipinski definition) is 6. The van der Waals surface area contributed by atoms with Crippen LogP contribution in [0.2, 0.25) is 0 Å². The molecule has 0 saturated carbocycles. The molecule has 0 bridgehead atoms. The molecule has 1 aromatic rings. The Morgan fingerprint density at radius 3 is 2.58 bits per heavy atom. The predicted molar refractivity (Wildman–Crippen MR) is 90.0 cm³/mol. The van der Waals surface area contributed by atoms with Crippen molar-refractivity contribution in [2.75, 3.05) is 53.0 Å². The molecule has 0 amide bonds. The third-order valence-corrected chi connectivity index (χ3v) is 5.08. The fourth-order valence-corrected chi connectivity index (χ4v) is 3.63. The van der Waals surface area contributed by atoms with Gasteiger partial charge in [0.15, 0.2) is 0 Å². The zero-order valence-electron chi connectivity index (χ0n) is 14.8. The van der Waals surface area contributed by atoms with E-state index >= 15 is 0 Å². The topological polar surface area (TPSA) is 55.2 Å². The summed E-state index contributed by atoms with van der Waals surface area (Å²) in [7, 11) is 1.40. The molecule has 0 radical (unpaired) electrons. The number of morpholine rings is 1. The van der Waals surface area contributed by atoms with E-state index in [2.05, 4.69) is 9.80 Å². The van der Waals surface area contributed by atoms with Crippen LogP contribution in [0.4, 0.5) is 0 Å². The van der Waals surface area contributed by atoms with Gasteiger partial charge in [-0.2, -0.15) is 0 Å². The molecule has 0 aromatic carbocycles. The summed E-state index contributed by atoms with van der Waals surface area (Å²) in [6.07, 6.45) is 2.45. The smallest absolute Gasteiger partial charge is 0.341 e. The summed E-state index contributed by atoms with van der Waals surface area (Å²) < 4.78 is 15.9. The summed E-state index contributed by atoms with van der Waals surface area (Å²) in [5, 5.41) is 0. The maximum absolute atomic E-state index is 11.7. The van der Waals surface area contributed by atoms with E-state index in [1.807, 2.05) is 13.0 Å². The van der Waals surface area contributed by atoms with Gasteiger partial charge in [-0.25, -0.2) is 4.79 Å². The SMILES string of the molecule is COC(=O)c1cc(CN2CCC(CN3CCOCC3)CC2)oc1C. The van der Waals surface area contributed by atoms with Gasteiger partial charge in [0.2, 0.25) is 0 Å². The number of methoxy groups -OCH3 is 1. The monoisotopic (exact) mass is 336 g/mol. The Morgan fingerprint density at radius 1 is 1.21 bits per heavy atom. The number of likely N-dealkylation sites (tertiary alicyclic amines) is 1. The minimum absolute atomic E-state index is 0.327. The van der Waals surface area contributed by atoms with Crippen molar-refractivity contribution in [1.82, 2.24) is 9.80 Å². The molecular formula is C18H28N2O4. The number of carbonyl (C=O) groups is 1. The first-order valence-electron chi connectivity index (χ1n) is 8.86. The van der Waals surface area contributed by atoms with Gasteiger partial charge in [0.25, 0.3) is 0 Å². The van der Waals surface area contributed by atoms with Crippen molar-refractivity contribution >= 4 is 5.97 Å². The first kappa shape index (κ1) is 17.5.